The number of terminal acetylenes is 1. The van der Waals surface area contributed by atoms with Gasteiger partial charge in [0.2, 0.25) is 5.91 Å². The smallest absolute Gasteiger partial charge is 0.238 e. The van der Waals surface area contributed by atoms with Gasteiger partial charge in [-0.1, -0.05) is 17.5 Å². The lowest BCUT2D eigenvalue weighted by Crippen LogP contribution is -2.28. The van der Waals surface area contributed by atoms with Crippen LogP contribution in [0.25, 0.3) is 0 Å². The van der Waals surface area contributed by atoms with Crippen LogP contribution in [0.2, 0.25) is 5.02 Å². The molecule has 1 aromatic carbocycles. The van der Waals surface area contributed by atoms with Gasteiger partial charge in [0, 0.05) is 5.02 Å². The largest absolute Gasteiger partial charge is 0.322 e. The third-order valence-corrected chi connectivity index (χ3v) is 1.95. The first-order valence-corrected chi connectivity index (χ1v) is 4.90. The number of carbonyl (C=O) groups is 1. The SMILES string of the molecule is C#CCNCC(=O)Nc1cc(Cl)ccc1F. The van der Waals surface area contributed by atoms with Crippen molar-refractivity contribution in [1.82, 2.24) is 5.32 Å². The van der Waals surface area contributed by atoms with E-state index in [0.29, 0.717) is 5.02 Å². The minimum absolute atomic E-state index is 0.0240. The van der Waals surface area contributed by atoms with Gasteiger partial charge in [0.1, 0.15) is 5.82 Å². The number of hydrogen-bond acceptors (Lipinski definition) is 2. The number of benzene rings is 1. The van der Waals surface area contributed by atoms with E-state index in [1.54, 1.807) is 0 Å². The molecule has 0 atom stereocenters. The molecular formula is C11H10ClFN2O. The molecule has 84 valence electrons. The average molecular weight is 241 g/mol. The molecule has 1 rings (SSSR count). The number of halogens is 2. The van der Waals surface area contributed by atoms with E-state index in [4.69, 9.17) is 18.0 Å². The molecule has 0 aliphatic rings. The minimum Gasteiger partial charge on any atom is -0.322 e. The fraction of sp³-hybridized carbons (Fsp3) is 0.182. The van der Waals surface area contributed by atoms with Crippen molar-refractivity contribution in [2.24, 2.45) is 0 Å². The van der Waals surface area contributed by atoms with Gasteiger partial charge in [-0.25, -0.2) is 4.39 Å². The Kier molecular flexibility index (Phi) is 4.77. The van der Waals surface area contributed by atoms with Crippen molar-refractivity contribution in [2.45, 2.75) is 0 Å². The Morgan fingerprint density at radius 2 is 2.31 bits per heavy atom. The van der Waals surface area contributed by atoms with Gasteiger partial charge in [-0.2, -0.15) is 0 Å². The quantitative estimate of drug-likeness (QED) is 0.621. The van der Waals surface area contributed by atoms with Crippen LogP contribution in [-0.4, -0.2) is 19.0 Å². The average Bonchev–Trinajstić information content (AvgIpc) is 2.24. The van der Waals surface area contributed by atoms with Gasteiger partial charge < -0.3 is 5.32 Å². The standard InChI is InChI=1S/C11H10ClFN2O/c1-2-5-14-7-11(16)15-10-6-8(12)3-4-9(10)13/h1,3-4,6,14H,5,7H2,(H,15,16). The summed E-state index contributed by atoms with van der Waals surface area (Å²) in [6.07, 6.45) is 4.99. The lowest BCUT2D eigenvalue weighted by Gasteiger charge is -2.06. The highest BCUT2D eigenvalue weighted by molar-refractivity contribution is 6.30. The first kappa shape index (κ1) is 12.5. The third-order valence-electron chi connectivity index (χ3n) is 1.72. The van der Waals surface area contributed by atoms with Gasteiger partial charge >= 0.3 is 0 Å². The summed E-state index contributed by atoms with van der Waals surface area (Å²) in [6.45, 7) is 0.307. The molecule has 1 amide bonds. The van der Waals surface area contributed by atoms with E-state index >= 15 is 0 Å². The summed E-state index contributed by atoms with van der Waals surface area (Å²) >= 11 is 5.67. The molecule has 0 saturated carbocycles. The number of rotatable bonds is 4. The highest BCUT2D eigenvalue weighted by atomic mass is 35.5. The van der Waals surface area contributed by atoms with Crippen molar-refractivity contribution >= 4 is 23.2 Å². The van der Waals surface area contributed by atoms with Crippen molar-refractivity contribution in [2.75, 3.05) is 18.4 Å². The molecule has 0 spiro atoms. The Morgan fingerprint density at radius 3 is 3.00 bits per heavy atom. The first-order valence-electron chi connectivity index (χ1n) is 4.52. The highest BCUT2D eigenvalue weighted by Gasteiger charge is 2.06. The maximum atomic E-state index is 13.2. The van der Waals surface area contributed by atoms with Crippen molar-refractivity contribution in [1.29, 1.82) is 0 Å². The zero-order valence-corrected chi connectivity index (χ0v) is 9.14. The molecule has 0 unspecified atom stereocenters. The van der Waals surface area contributed by atoms with Crippen LogP contribution in [0.4, 0.5) is 10.1 Å². The molecule has 0 saturated heterocycles. The predicted molar refractivity (Wildman–Crippen MR) is 61.7 cm³/mol. The molecular weight excluding hydrogens is 231 g/mol. The van der Waals surface area contributed by atoms with E-state index < -0.39 is 5.82 Å². The Morgan fingerprint density at radius 1 is 1.56 bits per heavy atom. The highest BCUT2D eigenvalue weighted by Crippen LogP contribution is 2.19. The monoisotopic (exact) mass is 240 g/mol. The van der Waals surface area contributed by atoms with Crippen LogP contribution in [0.5, 0.6) is 0 Å². The van der Waals surface area contributed by atoms with Crippen LogP contribution >= 0.6 is 11.6 Å². The zero-order chi connectivity index (χ0) is 12.0. The molecule has 0 fully saturated rings. The fourth-order valence-electron chi connectivity index (χ4n) is 1.04. The molecule has 2 N–H and O–H groups in total. The lowest BCUT2D eigenvalue weighted by molar-refractivity contribution is -0.115. The topological polar surface area (TPSA) is 41.1 Å². The molecule has 0 aliphatic carbocycles. The molecule has 0 aliphatic heterocycles. The van der Waals surface area contributed by atoms with Gasteiger partial charge in [0.25, 0.3) is 0 Å². The van der Waals surface area contributed by atoms with E-state index in [2.05, 4.69) is 16.6 Å². The van der Waals surface area contributed by atoms with Crippen molar-refractivity contribution < 1.29 is 9.18 Å². The molecule has 5 heteroatoms. The summed E-state index contributed by atoms with van der Waals surface area (Å²) < 4.78 is 13.2. The van der Waals surface area contributed by atoms with Gasteiger partial charge in [-0.15, -0.1) is 6.42 Å². The molecule has 0 heterocycles. The van der Waals surface area contributed by atoms with Crippen LogP contribution < -0.4 is 10.6 Å². The van der Waals surface area contributed by atoms with Gasteiger partial charge in [0.05, 0.1) is 18.8 Å². The fourth-order valence-corrected chi connectivity index (χ4v) is 1.21. The minimum atomic E-state index is -0.533. The molecule has 16 heavy (non-hydrogen) atoms. The second kappa shape index (κ2) is 6.11. The molecule has 0 bridgehead atoms. The number of anilines is 1. The normalized spacial score (nSPS) is 9.56. The van der Waals surface area contributed by atoms with E-state index in [1.807, 2.05) is 0 Å². The maximum Gasteiger partial charge on any atom is 0.238 e. The Hall–Kier alpha value is -1.57. The van der Waals surface area contributed by atoms with Gasteiger partial charge in [-0.3, -0.25) is 10.1 Å². The second-order valence-electron chi connectivity index (χ2n) is 2.98. The van der Waals surface area contributed by atoms with E-state index in [9.17, 15) is 9.18 Å². The number of hydrogen-bond donors (Lipinski definition) is 2. The van der Waals surface area contributed by atoms with Crippen LogP contribution in [0.3, 0.4) is 0 Å². The molecule has 0 radical (unpaired) electrons. The number of amides is 1. The van der Waals surface area contributed by atoms with E-state index in [0.717, 1.165) is 0 Å². The second-order valence-corrected chi connectivity index (χ2v) is 3.42. The summed E-state index contributed by atoms with van der Waals surface area (Å²) in [7, 11) is 0. The summed E-state index contributed by atoms with van der Waals surface area (Å²) in [6, 6.07) is 3.94. The van der Waals surface area contributed by atoms with Gasteiger partial charge in [-0.05, 0) is 18.2 Å². The molecule has 0 aromatic heterocycles. The number of nitrogens with one attached hydrogen (secondary N) is 2. The lowest BCUT2D eigenvalue weighted by atomic mass is 10.3. The summed E-state index contributed by atoms with van der Waals surface area (Å²) in [4.78, 5) is 11.3. The predicted octanol–water partition coefficient (Wildman–Crippen LogP) is 1.64. The first-order chi connectivity index (χ1) is 7.63. The van der Waals surface area contributed by atoms with E-state index in [-0.39, 0.29) is 24.7 Å². The molecule has 3 nitrogen and oxygen atoms in total. The molecule has 1 aromatic rings. The van der Waals surface area contributed by atoms with Crippen LogP contribution in [0, 0.1) is 18.2 Å². The summed E-state index contributed by atoms with van der Waals surface area (Å²) in [5, 5.41) is 5.42. The van der Waals surface area contributed by atoms with Crippen LogP contribution in [0.1, 0.15) is 0 Å². The summed E-state index contributed by atoms with van der Waals surface area (Å²) in [5.41, 5.74) is 0.0556. The maximum absolute atomic E-state index is 13.2. The van der Waals surface area contributed by atoms with Crippen molar-refractivity contribution in [3.8, 4) is 12.3 Å². The van der Waals surface area contributed by atoms with Crippen LogP contribution in [-0.2, 0) is 4.79 Å². The van der Waals surface area contributed by atoms with E-state index in [1.165, 1.54) is 18.2 Å². The van der Waals surface area contributed by atoms with Gasteiger partial charge in [0.15, 0.2) is 0 Å². The van der Waals surface area contributed by atoms with Crippen molar-refractivity contribution in [3.05, 3.63) is 29.0 Å². The zero-order valence-electron chi connectivity index (χ0n) is 8.39. The van der Waals surface area contributed by atoms with Crippen LogP contribution in [0.15, 0.2) is 18.2 Å². The third kappa shape index (κ3) is 3.89. The number of carbonyl (C=O) groups excluding carboxylic acids is 1. The Bertz CT molecular complexity index is 428. The van der Waals surface area contributed by atoms with Crippen molar-refractivity contribution in [3.63, 3.8) is 0 Å². The summed E-state index contributed by atoms with van der Waals surface area (Å²) in [5.74, 6) is 1.41. The Labute approximate surface area is 98.0 Å². The Balaban J connectivity index is 2.56.